The first kappa shape index (κ1) is 13.0. The molecular weight excluding hydrogens is 276 g/mol. The van der Waals surface area contributed by atoms with Crippen molar-refractivity contribution >= 4 is 15.9 Å². The molecular formula is C14H21BrN2. The van der Waals surface area contributed by atoms with Crippen LogP contribution in [0, 0.1) is 11.3 Å². The van der Waals surface area contributed by atoms with E-state index in [0.717, 1.165) is 23.4 Å². The zero-order chi connectivity index (χ0) is 12.3. The molecule has 1 heterocycles. The number of aromatic nitrogens is 1. The standard InChI is InChI=1S/C14H21BrN2/c1-11-4-6-14(10-16,7-5-11)8-13-3-2-12(15)9-17-13/h2-3,9,11H,4-8,10,16H2,1H3. The molecule has 1 aromatic heterocycles. The molecule has 0 aliphatic heterocycles. The van der Waals surface area contributed by atoms with Gasteiger partial charge in [0.05, 0.1) is 0 Å². The Kier molecular flexibility index (Phi) is 4.21. The summed E-state index contributed by atoms with van der Waals surface area (Å²) in [5.41, 5.74) is 7.50. The smallest absolute Gasteiger partial charge is 0.0413 e. The largest absolute Gasteiger partial charge is 0.330 e. The summed E-state index contributed by atoms with van der Waals surface area (Å²) < 4.78 is 1.04. The SMILES string of the molecule is CC1CCC(CN)(Cc2ccc(Br)cn2)CC1. The molecule has 0 atom stereocenters. The molecule has 2 rings (SSSR count). The number of hydrogen-bond acceptors (Lipinski definition) is 2. The van der Waals surface area contributed by atoms with E-state index in [-0.39, 0.29) is 0 Å². The van der Waals surface area contributed by atoms with Crippen molar-refractivity contribution in [1.29, 1.82) is 0 Å². The van der Waals surface area contributed by atoms with Gasteiger partial charge in [0.25, 0.3) is 0 Å². The van der Waals surface area contributed by atoms with Crippen LogP contribution in [0.2, 0.25) is 0 Å². The van der Waals surface area contributed by atoms with Gasteiger partial charge in [-0.2, -0.15) is 0 Å². The van der Waals surface area contributed by atoms with E-state index >= 15 is 0 Å². The van der Waals surface area contributed by atoms with Crippen molar-refractivity contribution in [3.63, 3.8) is 0 Å². The Morgan fingerprint density at radius 3 is 2.65 bits per heavy atom. The number of hydrogen-bond donors (Lipinski definition) is 1. The molecule has 1 aliphatic rings. The number of pyridine rings is 1. The summed E-state index contributed by atoms with van der Waals surface area (Å²) in [5, 5.41) is 0. The molecule has 0 radical (unpaired) electrons. The van der Waals surface area contributed by atoms with Crippen LogP contribution in [-0.4, -0.2) is 11.5 Å². The van der Waals surface area contributed by atoms with Gasteiger partial charge in [-0.15, -0.1) is 0 Å². The summed E-state index contributed by atoms with van der Waals surface area (Å²) in [4.78, 5) is 4.48. The molecule has 1 saturated carbocycles. The van der Waals surface area contributed by atoms with E-state index in [2.05, 4.69) is 40.0 Å². The Balaban J connectivity index is 2.06. The predicted molar refractivity (Wildman–Crippen MR) is 74.8 cm³/mol. The summed E-state index contributed by atoms with van der Waals surface area (Å²) in [6.07, 6.45) is 8.04. The van der Waals surface area contributed by atoms with Gasteiger partial charge >= 0.3 is 0 Å². The van der Waals surface area contributed by atoms with E-state index in [9.17, 15) is 0 Å². The van der Waals surface area contributed by atoms with E-state index in [0.29, 0.717) is 5.41 Å². The zero-order valence-electron chi connectivity index (χ0n) is 10.5. The lowest BCUT2D eigenvalue weighted by Crippen LogP contribution is -2.36. The van der Waals surface area contributed by atoms with Crippen molar-refractivity contribution < 1.29 is 0 Å². The quantitative estimate of drug-likeness (QED) is 0.926. The highest BCUT2D eigenvalue weighted by atomic mass is 79.9. The second-order valence-electron chi connectivity index (χ2n) is 5.53. The van der Waals surface area contributed by atoms with Gasteiger partial charge in [-0.1, -0.05) is 19.8 Å². The fraction of sp³-hybridized carbons (Fsp3) is 0.643. The fourth-order valence-electron chi connectivity index (χ4n) is 2.72. The molecule has 2 N–H and O–H groups in total. The second-order valence-corrected chi connectivity index (χ2v) is 6.45. The van der Waals surface area contributed by atoms with E-state index in [1.165, 1.54) is 31.4 Å². The highest BCUT2D eigenvalue weighted by Gasteiger charge is 2.33. The molecule has 3 heteroatoms. The molecule has 1 aliphatic carbocycles. The molecule has 17 heavy (non-hydrogen) atoms. The highest BCUT2D eigenvalue weighted by molar-refractivity contribution is 9.10. The summed E-state index contributed by atoms with van der Waals surface area (Å²) in [6.45, 7) is 3.13. The first-order chi connectivity index (χ1) is 8.13. The van der Waals surface area contributed by atoms with Gasteiger partial charge in [-0.3, -0.25) is 4.98 Å². The maximum absolute atomic E-state index is 6.02. The van der Waals surface area contributed by atoms with Crippen LogP contribution < -0.4 is 5.73 Å². The second kappa shape index (κ2) is 5.49. The Morgan fingerprint density at radius 2 is 2.12 bits per heavy atom. The van der Waals surface area contributed by atoms with Crippen LogP contribution in [0.15, 0.2) is 22.8 Å². The molecule has 0 unspecified atom stereocenters. The molecule has 0 aromatic carbocycles. The van der Waals surface area contributed by atoms with Gasteiger partial charge in [-0.25, -0.2) is 0 Å². The van der Waals surface area contributed by atoms with Crippen LogP contribution in [0.25, 0.3) is 0 Å². The van der Waals surface area contributed by atoms with Gasteiger partial charge in [0.15, 0.2) is 0 Å². The molecule has 1 aromatic rings. The van der Waals surface area contributed by atoms with Crippen LogP contribution >= 0.6 is 15.9 Å². The Labute approximate surface area is 112 Å². The average Bonchev–Trinajstić information content (AvgIpc) is 2.35. The minimum atomic E-state index is 0.299. The van der Waals surface area contributed by atoms with Crippen molar-refractivity contribution in [3.8, 4) is 0 Å². The molecule has 2 nitrogen and oxygen atoms in total. The molecule has 0 saturated heterocycles. The highest BCUT2D eigenvalue weighted by Crippen LogP contribution is 2.40. The van der Waals surface area contributed by atoms with Crippen molar-refractivity contribution in [2.45, 2.75) is 39.0 Å². The Hall–Kier alpha value is -0.410. The van der Waals surface area contributed by atoms with E-state index in [1.807, 2.05) is 6.20 Å². The van der Waals surface area contributed by atoms with Gasteiger partial charge in [0.1, 0.15) is 0 Å². The zero-order valence-corrected chi connectivity index (χ0v) is 12.0. The van der Waals surface area contributed by atoms with Crippen LogP contribution in [0.1, 0.15) is 38.3 Å². The minimum absolute atomic E-state index is 0.299. The van der Waals surface area contributed by atoms with Gasteiger partial charge < -0.3 is 5.73 Å². The molecule has 0 bridgehead atoms. The molecule has 1 fully saturated rings. The van der Waals surface area contributed by atoms with Gasteiger partial charge in [0.2, 0.25) is 0 Å². The third kappa shape index (κ3) is 3.29. The summed E-state index contributed by atoms with van der Waals surface area (Å²) in [6, 6.07) is 4.18. The van der Waals surface area contributed by atoms with Gasteiger partial charge in [0, 0.05) is 16.4 Å². The first-order valence-electron chi connectivity index (χ1n) is 6.44. The van der Waals surface area contributed by atoms with Gasteiger partial charge in [-0.05, 0) is 65.2 Å². The number of halogens is 1. The lowest BCUT2D eigenvalue weighted by atomic mass is 9.68. The molecule has 0 amide bonds. The van der Waals surface area contributed by atoms with Crippen LogP contribution in [0.5, 0.6) is 0 Å². The van der Waals surface area contributed by atoms with Crippen molar-refractivity contribution in [2.75, 3.05) is 6.54 Å². The van der Waals surface area contributed by atoms with E-state index < -0.39 is 0 Å². The third-order valence-corrected chi connectivity index (χ3v) is 4.58. The topological polar surface area (TPSA) is 38.9 Å². The monoisotopic (exact) mass is 296 g/mol. The van der Waals surface area contributed by atoms with Crippen LogP contribution in [0.3, 0.4) is 0 Å². The van der Waals surface area contributed by atoms with Crippen LogP contribution in [0.4, 0.5) is 0 Å². The molecule has 0 spiro atoms. The fourth-order valence-corrected chi connectivity index (χ4v) is 2.96. The Bertz CT molecular complexity index is 353. The predicted octanol–water partition coefficient (Wildman–Crippen LogP) is 3.54. The van der Waals surface area contributed by atoms with Crippen molar-refractivity contribution in [3.05, 3.63) is 28.5 Å². The average molecular weight is 297 g/mol. The summed E-state index contributed by atoms with van der Waals surface area (Å²) in [7, 11) is 0. The maximum Gasteiger partial charge on any atom is 0.0413 e. The molecule has 94 valence electrons. The van der Waals surface area contributed by atoms with Crippen molar-refractivity contribution in [1.82, 2.24) is 4.98 Å². The number of nitrogens with two attached hydrogens (primary N) is 1. The third-order valence-electron chi connectivity index (χ3n) is 4.11. The normalized spacial score (nSPS) is 29.2. The lowest BCUT2D eigenvalue weighted by molar-refractivity contribution is 0.162. The first-order valence-corrected chi connectivity index (χ1v) is 7.23. The minimum Gasteiger partial charge on any atom is -0.330 e. The number of nitrogens with zero attached hydrogens (tertiary/aromatic N) is 1. The summed E-state index contributed by atoms with van der Waals surface area (Å²) in [5.74, 6) is 0.868. The number of rotatable bonds is 3. The lowest BCUT2D eigenvalue weighted by Gasteiger charge is -2.38. The Morgan fingerprint density at radius 1 is 1.41 bits per heavy atom. The van der Waals surface area contributed by atoms with E-state index in [4.69, 9.17) is 5.73 Å². The summed E-state index contributed by atoms with van der Waals surface area (Å²) >= 11 is 3.42. The van der Waals surface area contributed by atoms with Crippen molar-refractivity contribution in [2.24, 2.45) is 17.1 Å². The van der Waals surface area contributed by atoms with E-state index in [1.54, 1.807) is 0 Å². The maximum atomic E-state index is 6.02. The van der Waals surface area contributed by atoms with Crippen LogP contribution in [-0.2, 0) is 6.42 Å².